The third kappa shape index (κ3) is 4.19. The number of para-hydroxylation sites is 1. The second-order valence-corrected chi connectivity index (χ2v) is 8.55. The van der Waals surface area contributed by atoms with Crippen LogP contribution in [-0.2, 0) is 0 Å². The Balaban J connectivity index is 1.57. The first kappa shape index (κ1) is 22.5. The largest absolute Gasteiger partial charge is 0.497 e. The minimum absolute atomic E-state index is 0.224. The summed E-state index contributed by atoms with van der Waals surface area (Å²) in [5.74, 6) is 3.10. The number of hydrogen-bond acceptors (Lipinski definition) is 6. The molecular formula is C27H28N6O2. The molecule has 0 aliphatic heterocycles. The zero-order chi connectivity index (χ0) is 24.5. The quantitative estimate of drug-likeness (QED) is 0.319. The van der Waals surface area contributed by atoms with E-state index in [4.69, 9.17) is 14.5 Å². The van der Waals surface area contributed by atoms with Gasteiger partial charge in [-0.2, -0.15) is 5.10 Å². The summed E-state index contributed by atoms with van der Waals surface area (Å²) in [6.07, 6.45) is 1.68. The third-order valence-electron chi connectivity index (χ3n) is 5.88. The van der Waals surface area contributed by atoms with E-state index in [1.165, 1.54) is 0 Å². The highest BCUT2D eigenvalue weighted by molar-refractivity contribution is 5.93. The highest BCUT2D eigenvalue weighted by Crippen LogP contribution is 2.35. The zero-order valence-electron chi connectivity index (χ0n) is 20.5. The molecule has 0 fully saturated rings. The van der Waals surface area contributed by atoms with Crippen molar-refractivity contribution < 1.29 is 9.47 Å². The molecule has 0 aliphatic rings. The number of nitrogens with one attached hydrogen (secondary N) is 1. The Morgan fingerprint density at radius 1 is 0.943 bits per heavy atom. The fourth-order valence-electron chi connectivity index (χ4n) is 4.27. The van der Waals surface area contributed by atoms with Gasteiger partial charge in [-0.1, -0.05) is 18.2 Å². The predicted molar refractivity (Wildman–Crippen MR) is 138 cm³/mol. The van der Waals surface area contributed by atoms with Crippen LogP contribution in [0.2, 0.25) is 0 Å². The summed E-state index contributed by atoms with van der Waals surface area (Å²) in [6, 6.07) is 20.3. The van der Waals surface area contributed by atoms with Gasteiger partial charge in [-0.05, 0) is 57.2 Å². The highest BCUT2D eigenvalue weighted by atomic mass is 16.5. The summed E-state index contributed by atoms with van der Waals surface area (Å²) in [5, 5.41) is 7.93. The molecule has 0 bridgehead atoms. The van der Waals surface area contributed by atoms with Gasteiger partial charge < -0.3 is 19.4 Å². The number of ether oxygens (including phenoxy) is 2. The van der Waals surface area contributed by atoms with Crippen LogP contribution in [0.3, 0.4) is 0 Å². The molecule has 178 valence electrons. The molecule has 2 heterocycles. The molecule has 8 heteroatoms. The second kappa shape index (κ2) is 9.13. The number of anilines is 2. The van der Waals surface area contributed by atoms with Crippen LogP contribution in [0.25, 0.3) is 28.1 Å². The van der Waals surface area contributed by atoms with Crippen LogP contribution in [0, 0.1) is 6.92 Å². The smallest absolute Gasteiger partial charge is 0.147 e. The van der Waals surface area contributed by atoms with E-state index in [1.807, 2.05) is 55.5 Å². The van der Waals surface area contributed by atoms with Gasteiger partial charge in [-0.25, -0.2) is 14.6 Å². The number of aromatic nitrogens is 5. The Labute approximate surface area is 204 Å². The van der Waals surface area contributed by atoms with Crippen LogP contribution in [0.1, 0.15) is 25.7 Å². The number of methoxy groups -OCH3 is 2. The standard InChI is InChI=1S/C27H28N6O2/c1-17(2)33-24-11-7-10-22(26(24)30-27(33)19-8-6-9-21(14-19)34-4)29-20-12-13-23(25(15-20)35-5)32-16-28-18(3)31-32/h6-17,29H,1-5H3. The maximum Gasteiger partial charge on any atom is 0.147 e. The van der Waals surface area contributed by atoms with Crippen molar-refractivity contribution in [1.29, 1.82) is 0 Å². The fourth-order valence-corrected chi connectivity index (χ4v) is 4.27. The van der Waals surface area contributed by atoms with Crippen molar-refractivity contribution in [1.82, 2.24) is 24.3 Å². The molecule has 0 aliphatic carbocycles. The van der Waals surface area contributed by atoms with Crippen molar-refractivity contribution >= 4 is 22.4 Å². The topological polar surface area (TPSA) is 79.0 Å². The Morgan fingerprint density at radius 2 is 1.77 bits per heavy atom. The second-order valence-electron chi connectivity index (χ2n) is 8.55. The maximum absolute atomic E-state index is 5.65. The molecule has 0 amide bonds. The van der Waals surface area contributed by atoms with E-state index >= 15 is 0 Å². The van der Waals surface area contributed by atoms with E-state index in [1.54, 1.807) is 25.2 Å². The van der Waals surface area contributed by atoms with E-state index in [0.29, 0.717) is 11.6 Å². The molecule has 0 spiro atoms. The van der Waals surface area contributed by atoms with Gasteiger partial charge in [0.25, 0.3) is 0 Å². The lowest BCUT2D eigenvalue weighted by molar-refractivity contribution is 0.412. The van der Waals surface area contributed by atoms with Crippen molar-refractivity contribution in [2.24, 2.45) is 0 Å². The van der Waals surface area contributed by atoms with Gasteiger partial charge in [0.2, 0.25) is 0 Å². The van der Waals surface area contributed by atoms with Gasteiger partial charge >= 0.3 is 0 Å². The highest BCUT2D eigenvalue weighted by Gasteiger charge is 2.18. The zero-order valence-corrected chi connectivity index (χ0v) is 20.5. The molecule has 0 saturated carbocycles. The molecule has 1 N–H and O–H groups in total. The third-order valence-corrected chi connectivity index (χ3v) is 5.88. The van der Waals surface area contributed by atoms with Crippen molar-refractivity contribution in [3.8, 4) is 28.6 Å². The Hall–Kier alpha value is -4.33. The maximum atomic E-state index is 5.65. The predicted octanol–water partition coefficient (Wildman–Crippen LogP) is 5.93. The SMILES string of the molecule is COc1cccc(-c2nc3c(Nc4ccc(-n5cnc(C)n5)c(OC)c4)cccc3n2C(C)C)c1. The minimum Gasteiger partial charge on any atom is -0.497 e. The number of aryl methyl sites for hydroxylation is 1. The molecule has 0 atom stereocenters. The monoisotopic (exact) mass is 468 g/mol. The first-order chi connectivity index (χ1) is 17.0. The number of benzene rings is 3. The van der Waals surface area contributed by atoms with Gasteiger partial charge in [-0.3, -0.25) is 0 Å². The number of nitrogens with zero attached hydrogens (tertiary/aromatic N) is 5. The van der Waals surface area contributed by atoms with E-state index in [0.717, 1.165) is 45.2 Å². The summed E-state index contributed by atoms with van der Waals surface area (Å²) >= 11 is 0. The molecule has 3 aromatic carbocycles. The normalized spacial score (nSPS) is 11.3. The molecule has 8 nitrogen and oxygen atoms in total. The van der Waals surface area contributed by atoms with Crippen molar-refractivity contribution in [2.75, 3.05) is 19.5 Å². The van der Waals surface area contributed by atoms with E-state index in [-0.39, 0.29) is 6.04 Å². The van der Waals surface area contributed by atoms with E-state index in [2.05, 4.69) is 45.9 Å². The lowest BCUT2D eigenvalue weighted by Gasteiger charge is -2.14. The fraction of sp³-hybridized carbons (Fsp3) is 0.222. The average molecular weight is 469 g/mol. The summed E-state index contributed by atoms with van der Waals surface area (Å²) in [4.78, 5) is 9.29. The van der Waals surface area contributed by atoms with Crippen molar-refractivity contribution in [3.05, 3.63) is 72.8 Å². The summed E-state index contributed by atoms with van der Waals surface area (Å²) in [5.41, 5.74) is 5.59. The van der Waals surface area contributed by atoms with Gasteiger partial charge in [0.05, 0.1) is 25.4 Å². The van der Waals surface area contributed by atoms with Gasteiger partial charge in [-0.15, -0.1) is 0 Å². The van der Waals surface area contributed by atoms with Crippen LogP contribution >= 0.6 is 0 Å². The van der Waals surface area contributed by atoms with Crippen LogP contribution in [0.15, 0.2) is 67.0 Å². The molecule has 35 heavy (non-hydrogen) atoms. The molecule has 5 rings (SSSR count). The van der Waals surface area contributed by atoms with Crippen LogP contribution in [0.4, 0.5) is 11.4 Å². The van der Waals surface area contributed by atoms with E-state index < -0.39 is 0 Å². The average Bonchev–Trinajstić information content (AvgIpc) is 3.48. The van der Waals surface area contributed by atoms with Gasteiger partial charge in [0.1, 0.15) is 40.7 Å². The molecule has 0 radical (unpaired) electrons. The number of rotatable bonds is 7. The van der Waals surface area contributed by atoms with E-state index in [9.17, 15) is 0 Å². The molecular weight excluding hydrogens is 440 g/mol. The molecule has 0 saturated heterocycles. The molecule has 0 unspecified atom stereocenters. The number of hydrogen-bond donors (Lipinski definition) is 1. The van der Waals surface area contributed by atoms with Gasteiger partial charge in [0.15, 0.2) is 0 Å². The van der Waals surface area contributed by atoms with Crippen LogP contribution in [-0.4, -0.2) is 38.5 Å². The number of imidazole rings is 1. The Kier molecular flexibility index (Phi) is 5.86. The Bertz CT molecular complexity index is 1500. The summed E-state index contributed by atoms with van der Waals surface area (Å²) < 4.78 is 15.1. The molecule has 2 aromatic heterocycles. The van der Waals surface area contributed by atoms with Crippen LogP contribution in [0.5, 0.6) is 11.5 Å². The minimum atomic E-state index is 0.224. The van der Waals surface area contributed by atoms with Crippen molar-refractivity contribution in [2.45, 2.75) is 26.8 Å². The summed E-state index contributed by atoms with van der Waals surface area (Å²) in [6.45, 7) is 6.19. The lowest BCUT2D eigenvalue weighted by atomic mass is 10.2. The van der Waals surface area contributed by atoms with Gasteiger partial charge in [0, 0.05) is 23.4 Å². The van der Waals surface area contributed by atoms with Crippen LogP contribution < -0.4 is 14.8 Å². The Morgan fingerprint density at radius 3 is 2.49 bits per heavy atom. The molecule has 5 aromatic rings. The number of fused-ring (bicyclic) bond motifs is 1. The first-order valence-corrected chi connectivity index (χ1v) is 11.5. The lowest BCUT2D eigenvalue weighted by Crippen LogP contribution is -2.03. The summed E-state index contributed by atoms with van der Waals surface area (Å²) in [7, 11) is 3.33. The van der Waals surface area contributed by atoms with Crippen molar-refractivity contribution in [3.63, 3.8) is 0 Å². The first-order valence-electron chi connectivity index (χ1n) is 11.5.